The van der Waals surface area contributed by atoms with E-state index in [1.165, 1.54) is 12.7 Å². The molecule has 0 saturated heterocycles. The number of hydrogen-bond acceptors (Lipinski definition) is 2. The van der Waals surface area contributed by atoms with Crippen LogP contribution in [-0.2, 0) is 16.0 Å². The summed E-state index contributed by atoms with van der Waals surface area (Å²) in [4.78, 5) is 11.1. The molecule has 1 rings (SSSR count). The van der Waals surface area contributed by atoms with E-state index in [4.69, 9.17) is 0 Å². The molecule has 0 aliphatic heterocycles. The van der Waals surface area contributed by atoms with Gasteiger partial charge in [0.05, 0.1) is 13.5 Å². The van der Waals surface area contributed by atoms with Crippen molar-refractivity contribution in [1.29, 1.82) is 0 Å². The van der Waals surface area contributed by atoms with E-state index in [1.54, 1.807) is 0 Å². The van der Waals surface area contributed by atoms with Crippen LogP contribution in [0.1, 0.15) is 11.1 Å². The third-order valence-electron chi connectivity index (χ3n) is 1.86. The Morgan fingerprint density at radius 1 is 1.57 bits per heavy atom. The Kier molecular flexibility index (Phi) is 4.37. The van der Waals surface area contributed by atoms with E-state index in [0.29, 0.717) is 6.42 Å². The van der Waals surface area contributed by atoms with Crippen molar-refractivity contribution in [2.45, 2.75) is 13.3 Å². The van der Waals surface area contributed by atoms with Crippen LogP contribution in [0, 0.1) is 10.5 Å². The van der Waals surface area contributed by atoms with Gasteiger partial charge in [0.25, 0.3) is 0 Å². The smallest absolute Gasteiger partial charge is 0.310 e. The average molecular weight is 369 g/mol. The highest BCUT2D eigenvalue weighted by atomic mass is 127. The fourth-order valence-electron chi connectivity index (χ4n) is 1.15. The third kappa shape index (κ3) is 2.95. The van der Waals surface area contributed by atoms with E-state index in [0.717, 1.165) is 13.6 Å². The van der Waals surface area contributed by atoms with Crippen molar-refractivity contribution in [3.8, 4) is 0 Å². The number of methoxy groups -OCH3 is 1. The highest BCUT2D eigenvalue weighted by Crippen LogP contribution is 2.23. The molecule has 0 aliphatic rings. The molecule has 0 spiro atoms. The zero-order chi connectivity index (χ0) is 10.7. The number of rotatable bonds is 2. The maximum atomic E-state index is 11.1. The van der Waals surface area contributed by atoms with Gasteiger partial charge < -0.3 is 4.74 Å². The van der Waals surface area contributed by atoms with E-state index in [-0.39, 0.29) is 5.97 Å². The largest absolute Gasteiger partial charge is 0.469 e. The number of benzene rings is 1. The maximum absolute atomic E-state index is 11.1. The summed E-state index contributed by atoms with van der Waals surface area (Å²) >= 11 is 5.65. The maximum Gasteiger partial charge on any atom is 0.310 e. The minimum atomic E-state index is -0.208. The van der Waals surface area contributed by atoms with Gasteiger partial charge in [0.2, 0.25) is 0 Å². The van der Waals surface area contributed by atoms with Crippen molar-refractivity contribution in [2.24, 2.45) is 0 Å². The zero-order valence-electron chi connectivity index (χ0n) is 7.93. The summed E-state index contributed by atoms with van der Waals surface area (Å²) in [6, 6.07) is 3.98. The molecular formula is C10H10BrIO2. The summed E-state index contributed by atoms with van der Waals surface area (Å²) in [7, 11) is 1.40. The lowest BCUT2D eigenvalue weighted by Gasteiger charge is -2.07. The van der Waals surface area contributed by atoms with Crippen molar-refractivity contribution < 1.29 is 9.53 Å². The second-order valence-corrected chi connectivity index (χ2v) is 4.94. The molecule has 2 nitrogen and oxygen atoms in total. The van der Waals surface area contributed by atoms with Crippen LogP contribution in [0.25, 0.3) is 0 Å². The van der Waals surface area contributed by atoms with Crippen LogP contribution in [0.2, 0.25) is 0 Å². The molecule has 1 aromatic rings. The molecule has 0 aromatic heterocycles. The normalized spacial score (nSPS) is 10.0. The Bertz CT molecular complexity index is 363. The van der Waals surface area contributed by atoms with Crippen molar-refractivity contribution in [1.82, 2.24) is 0 Å². The van der Waals surface area contributed by atoms with Gasteiger partial charge in [-0.15, -0.1) is 0 Å². The van der Waals surface area contributed by atoms with Crippen molar-refractivity contribution >= 4 is 44.5 Å². The number of ether oxygens (including phenoxy) is 1. The van der Waals surface area contributed by atoms with E-state index in [1.807, 2.05) is 19.1 Å². The Labute approximate surface area is 105 Å². The summed E-state index contributed by atoms with van der Waals surface area (Å²) in [5, 5.41) is 0. The number of aryl methyl sites for hydroxylation is 1. The first-order valence-corrected chi connectivity index (χ1v) is 5.93. The molecule has 0 heterocycles. The van der Waals surface area contributed by atoms with Crippen LogP contribution in [0.15, 0.2) is 16.6 Å². The molecule has 0 aliphatic carbocycles. The monoisotopic (exact) mass is 368 g/mol. The summed E-state index contributed by atoms with van der Waals surface area (Å²) < 4.78 is 6.75. The highest BCUT2D eigenvalue weighted by molar-refractivity contribution is 14.1. The predicted molar refractivity (Wildman–Crippen MR) is 67.3 cm³/mol. The topological polar surface area (TPSA) is 26.3 Å². The molecule has 76 valence electrons. The van der Waals surface area contributed by atoms with Crippen LogP contribution in [-0.4, -0.2) is 13.1 Å². The Balaban J connectivity index is 3.02. The molecule has 0 radical (unpaired) electrons. The van der Waals surface area contributed by atoms with Gasteiger partial charge in [-0.05, 0) is 52.8 Å². The zero-order valence-corrected chi connectivity index (χ0v) is 11.7. The summed E-state index contributed by atoms with van der Waals surface area (Å²) in [5.74, 6) is -0.208. The number of esters is 1. The average Bonchev–Trinajstić information content (AvgIpc) is 2.13. The number of halogens is 2. The van der Waals surface area contributed by atoms with Gasteiger partial charge in [-0.3, -0.25) is 4.79 Å². The van der Waals surface area contributed by atoms with Crippen molar-refractivity contribution in [2.75, 3.05) is 7.11 Å². The summed E-state index contributed by atoms with van der Waals surface area (Å²) in [6.45, 7) is 2.02. The highest BCUT2D eigenvalue weighted by Gasteiger charge is 2.09. The second kappa shape index (κ2) is 5.11. The molecule has 1 aromatic carbocycles. The molecule has 0 fully saturated rings. The SMILES string of the molecule is COC(=O)Cc1cc(Br)cc(C)c1I. The number of carbonyl (C=O) groups is 1. The first kappa shape index (κ1) is 12.0. The lowest BCUT2D eigenvalue weighted by molar-refractivity contribution is -0.139. The fraction of sp³-hybridized carbons (Fsp3) is 0.300. The van der Waals surface area contributed by atoms with E-state index in [2.05, 4.69) is 43.3 Å². The van der Waals surface area contributed by atoms with Crippen LogP contribution in [0.3, 0.4) is 0 Å². The van der Waals surface area contributed by atoms with Gasteiger partial charge in [0.1, 0.15) is 0 Å². The fourth-order valence-corrected chi connectivity index (χ4v) is 2.27. The van der Waals surface area contributed by atoms with Gasteiger partial charge in [-0.2, -0.15) is 0 Å². The molecule has 0 unspecified atom stereocenters. The molecule has 4 heteroatoms. The molecule has 0 N–H and O–H groups in total. The second-order valence-electron chi connectivity index (χ2n) is 2.95. The van der Waals surface area contributed by atoms with Gasteiger partial charge in [-0.1, -0.05) is 15.9 Å². The lowest BCUT2D eigenvalue weighted by Crippen LogP contribution is -2.06. The first-order chi connectivity index (χ1) is 6.54. The van der Waals surface area contributed by atoms with Crippen molar-refractivity contribution in [3.05, 3.63) is 31.3 Å². The van der Waals surface area contributed by atoms with Crippen LogP contribution in [0.5, 0.6) is 0 Å². The molecule has 14 heavy (non-hydrogen) atoms. The van der Waals surface area contributed by atoms with Gasteiger partial charge in [0, 0.05) is 8.04 Å². The summed E-state index contributed by atoms with van der Waals surface area (Å²) in [5.41, 5.74) is 2.17. The van der Waals surface area contributed by atoms with E-state index in [9.17, 15) is 4.79 Å². The minimum absolute atomic E-state index is 0.208. The van der Waals surface area contributed by atoms with Crippen LogP contribution < -0.4 is 0 Å². The molecule has 0 amide bonds. The first-order valence-electron chi connectivity index (χ1n) is 4.06. The Morgan fingerprint density at radius 3 is 2.79 bits per heavy atom. The molecule has 0 bridgehead atoms. The van der Waals surface area contributed by atoms with E-state index >= 15 is 0 Å². The molecule has 0 atom stereocenters. The Morgan fingerprint density at radius 2 is 2.21 bits per heavy atom. The van der Waals surface area contributed by atoms with Gasteiger partial charge in [0.15, 0.2) is 0 Å². The summed E-state index contributed by atoms with van der Waals surface area (Å²) in [6.07, 6.45) is 0.328. The van der Waals surface area contributed by atoms with E-state index < -0.39 is 0 Å². The predicted octanol–water partition coefficient (Wildman–Crippen LogP) is 3.08. The van der Waals surface area contributed by atoms with Crippen molar-refractivity contribution in [3.63, 3.8) is 0 Å². The quantitative estimate of drug-likeness (QED) is 0.592. The standard InChI is InChI=1S/C10H10BrIO2/c1-6-3-8(11)4-7(10(6)12)5-9(13)14-2/h3-4H,5H2,1-2H3. The number of carbonyl (C=O) groups excluding carboxylic acids is 1. The van der Waals surface area contributed by atoms with Crippen LogP contribution in [0.4, 0.5) is 0 Å². The number of hydrogen-bond donors (Lipinski definition) is 0. The lowest BCUT2D eigenvalue weighted by atomic mass is 10.1. The Hall–Kier alpha value is -0.100. The third-order valence-corrected chi connectivity index (χ3v) is 3.86. The van der Waals surface area contributed by atoms with Gasteiger partial charge >= 0.3 is 5.97 Å². The van der Waals surface area contributed by atoms with Gasteiger partial charge in [-0.25, -0.2) is 0 Å². The van der Waals surface area contributed by atoms with Crippen LogP contribution >= 0.6 is 38.5 Å². The molecule has 0 saturated carbocycles. The molecular weight excluding hydrogens is 359 g/mol. The minimum Gasteiger partial charge on any atom is -0.469 e.